The molecule has 0 spiro atoms. The molecule has 0 aliphatic carbocycles. The second kappa shape index (κ2) is 5.74. The Morgan fingerprint density at radius 1 is 1.60 bits per heavy atom. The van der Waals surface area contributed by atoms with Crippen LogP contribution in [0.25, 0.3) is 0 Å². The highest BCUT2D eigenvalue weighted by atomic mass is 16.5. The Balaban J connectivity index is 2.56. The minimum absolute atomic E-state index is 0.201. The van der Waals surface area contributed by atoms with Gasteiger partial charge < -0.3 is 10.1 Å². The van der Waals surface area contributed by atoms with Crippen LogP contribution in [-0.4, -0.2) is 29.8 Å². The van der Waals surface area contributed by atoms with Crippen molar-refractivity contribution in [3.8, 4) is 0 Å². The van der Waals surface area contributed by atoms with Crippen molar-refractivity contribution in [3.05, 3.63) is 30.5 Å². The third-order valence-corrected chi connectivity index (χ3v) is 1.71. The summed E-state index contributed by atoms with van der Waals surface area (Å²) in [6, 6.07) is 3.25. The van der Waals surface area contributed by atoms with E-state index in [1.165, 1.54) is 7.11 Å². The van der Waals surface area contributed by atoms with Crippen molar-refractivity contribution in [2.45, 2.75) is 6.42 Å². The summed E-state index contributed by atoms with van der Waals surface area (Å²) in [5, 5.41) is 10.6. The Morgan fingerprint density at radius 3 is 2.93 bits per heavy atom. The molecule has 5 heteroatoms. The van der Waals surface area contributed by atoms with Gasteiger partial charge in [-0.3, -0.25) is 0 Å². The normalized spacial score (nSPS) is 9.40. The molecule has 0 atom stereocenters. The number of anilines is 1. The lowest BCUT2D eigenvalue weighted by Crippen LogP contribution is -2.08. The molecule has 1 rings (SSSR count). The first-order valence-electron chi connectivity index (χ1n) is 4.54. The highest BCUT2D eigenvalue weighted by Crippen LogP contribution is 2.02. The zero-order valence-corrected chi connectivity index (χ0v) is 8.56. The van der Waals surface area contributed by atoms with E-state index in [0.29, 0.717) is 5.82 Å². The number of aromatic nitrogens is 2. The molecule has 0 bridgehead atoms. The van der Waals surface area contributed by atoms with E-state index in [4.69, 9.17) is 0 Å². The van der Waals surface area contributed by atoms with Gasteiger partial charge in [0.1, 0.15) is 5.82 Å². The molecule has 0 amide bonds. The lowest BCUT2D eigenvalue weighted by Gasteiger charge is -2.02. The molecule has 1 N–H and O–H groups in total. The van der Waals surface area contributed by atoms with Crippen molar-refractivity contribution in [3.63, 3.8) is 0 Å². The maximum absolute atomic E-state index is 11.0. The van der Waals surface area contributed by atoms with Crippen LogP contribution in [-0.2, 0) is 4.74 Å². The molecule has 1 aromatic rings. The molecule has 1 heterocycles. The fraction of sp³-hybridized carbons (Fsp3) is 0.300. The van der Waals surface area contributed by atoms with E-state index in [9.17, 15) is 4.79 Å². The first-order valence-corrected chi connectivity index (χ1v) is 4.54. The maximum atomic E-state index is 11.0. The van der Waals surface area contributed by atoms with Crippen molar-refractivity contribution in [2.24, 2.45) is 0 Å². The van der Waals surface area contributed by atoms with E-state index in [2.05, 4.69) is 26.8 Å². The van der Waals surface area contributed by atoms with E-state index in [-0.39, 0.29) is 5.69 Å². The fourth-order valence-corrected chi connectivity index (χ4v) is 0.942. The smallest absolute Gasteiger partial charge is 0.358 e. The Hall–Kier alpha value is -1.91. The maximum Gasteiger partial charge on any atom is 0.358 e. The summed E-state index contributed by atoms with van der Waals surface area (Å²) in [7, 11) is 1.31. The third-order valence-electron chi connectivity index (χ3n) is 1.71. The van der Waals surface area contributed by atoms with Crippen molar-refractivity contribution in [2.75, 3.05) is 19.0 Å². The SMILES string of the molecule is C=CCCNc1ccc(C(=O)OC)nn1. The topological polar surface area (TPSA) is 64.1 Å². The molecule has 15 heavy (non-hydrogen) atoms. The summed E-state index contributed by atoms with van der Waals surface area (Å²) in [5.41, 5.74) is 0.201. The zero-order valence-electron chi connectivity index (χ0n) is 8.56. The molecule has 0 aliphatic heterocycles. The average molecular weight is 207 g/mol. The number of ether oxygens (including phenoxy) is 1. The number of carbonyl (C=O) groups excluding carboxylic acids is 1. The van der Waals surface area contributed by atoms with Crippen LogP contribution in [0.1, 0.15) is 16.9 Å². The number of rotatable bonds is 5. The quantitative estimate of drug-likeness (QED) is 0.447. The van der Waals surface area contributed by atoms with Crippen molar-refractivity contribution >= 4 is 11.8 Å². The molecule has 0 saturated heterocycles. The number of hydrogen-bond donors (Lipinski definition) is 1. The number of nitrogens with zero attached hydrogens (tertiary/aromatic N) is 2. The Labute approximate surface area is 88.2 Å². The highest BCUT2D eigenvalue weighted by molar-refractivity contribution is 5.86. The van der Waals surface area contributed by atoms with Gasteiger partial charge in [0.05, 0.1) is 7.11 Å². The Kier molecular flexibility index (Phi) is 4.28. The van der Waals surface area contributed by atoms with Gasteiger partial charge >= 0.3 is 5.97 Å². The Bertz CT molecular complexity index is 335. The molecular weight excluding hydrogens is 194 g/mol. The molecule has 0 saturated carbocycles. The number of methoxy groups -OCH3 is 1. The summed E-state index contributed by atoms with van der Waals surface area (Å²) in [4.78, 5) is 11.0. The van der Waals surface area contributed by atoms with Gasteiger partial charge in [-0.15, -0.1) is 16.8 Å². The van der Waals surface area contributed by atoms with Gasteiger partial charge in [0.25, 0.3) is 0 Å². The van der Waals surface area contributed by atoms with Gasteiger partial charge in [0.2, 0.25) is 0 Å². The summed E-state index contributed by atoms with van der Waals surface area (Å²) < 4.78 is 4.50. The Morgan fingerprint density at radius 2 is 2.40 bits per heavy atom. The van der Waals surface area contributed by atoms with Crippen molar-refractivity contribution in [1.29, 1.82) is 0 Å². The number of hydrogen-bond acceptors (Lipinski definition) is 5. The standard InChI is InChI=1S/C10H13N3O2/c1-3-4-7-11-9-6-5-8(12-13-9)10(14)15-2/h3,5-6H,1,4,7H2,2H3,(H,11,13). The largest absolute Gasteiger partial charge is 0.464 e. The fourth-order valence-electron chi connectivity index (χ4n) is 0.942. The third kappa shape index (κ3) is 3.38. The molecule has 0 aromatic carbocycles. The number of nitrogens with one attached hydrogen (secondary N) is 1. The molecule has 80 valence electrons. The summed E-state index contributed by atoms with van der Waals surface area (Å²) in [5.74, 6) is 0.143. The van der Waals surface area contributed by atoms with Gasteiger partial charge in [-0.05, 0) is 18.6 Å². The van der Waals surface area contributed by atoms with Crippen LogP contribution >= 0.6 is 0 Å². The first-order chi connectivity index (χ1) is 7.27. The molecule has 0 fully saturated rings. The summed E-state index contributed by atoms with van der Waals surface area (Å²) in [6.45, 7) is 4.35. The zero-order chi connectivity index (χ0) is 11.1. The van der Waals surface area contributed by atoms with Crippen LogP contribution in [0.3, 0.4) is 0 Å². The highest BCUT2D eigenvalue weighted by Gasteiger charge is 2.06. The minimum Gasteiger partial charge on any atom is -0.464 e. The second-order valence-electron chi connectivity index (χ2n) is 2.80. The van der Waals surface area contributed by atoms with E-state index < -0.39 is 5.97 Å². The van der Waals surface area contributed by atoms with Crippen LogP contribution < -0.4 is 5.32 Å². The van der Waals surface area contributed by atoms with Crippen molar-refractivity contribution < 1.29 is 9.53 Å². The lowest BCUT2D eigenvalue weighted by molar-refractivity contribution is 0.0593. The van der Waals surface area contributed by atoms with E-state index >= 15 is 0 Å². The molecular formula is C10H13N3O2. The first kappa shape index (κ1) is 11.2. The summed E-state index contributed by atoms with van der Waals surface area (Å²) >= 11 is 0. The molecule has 5 nitrogen and oxygen atoms in total. The van der Waals surface area contributed by atoms with Crippen LogP contribution in [0.5, 0.6) is 0 Å². The molecule has 0 unspecified atom stereocenters. The van der Waals surface area contributed by atoms with Gasteiger partial charge in [0.15, 0.2) is 5.69 Å². The molecule has 1 aromatic heterocycles. The minimum atomic E-state index is -0.486. The molecule has 0 radical (unpaired) electrons. The van der Waals surface area contributed by atoms with Crippen LogP contribution in [0.15, 0.2) is 24.8 Å². The predicted molar refractivity (Wildman–Crippen MR) is 56.7 cm³/mol. The van der Waals surface area contributed by atoms with Crippen molar-refractivity contribution in [1.82, 2.24) is 10.2 Å². The summed E-state index contributed by atoms with van der Waals surface area (Å²) in [6.07, 6.45) is 2.66. The van der Waals surface area contributed by atoms with Gasteiger partial charge in [-0.2, -0.15) is 0 Å². The van der Waals surface area contributed by atoms with Gasteiger partial charge in [0, 0.05) is 6.54 Å². The monoisotopic (exact) mass is 207 g/mol. The van der Waals surface area contributed by atoms with Gasteiger partial charge in [-0.1, -0.05) is 6.08 Å². The number of carbonyl (C=O) groups is 1. The predicted octanol–water partition coefficient (Wildman–Crippen LogP) is 1.25. The molecule has 0 aliphatic rings. The lowest BCUT2D eigenvalue weighted by atomic mass is 10.4. The second-order valence-corrected chi connectivity index (χ2v) is 2.80. The number of esters is 1. The van der Waals surface area contributed by atoms with Crippen LogP contribution in [0.2, 0.25) is 0 Å². The van der Waals surface area contributed by atoms with Crippen LogP contribution in [0.4, 0.5) is 5.82 Å². The van der Waals surface area contributed by atoms with E-state index in [1.54, 1.807) is 12.1 Å². The van der Waals surface area contributed by atoms with Crippen LogP contribution in [0, 0.1) is 0 Å². The van der Waals surface area contributed by atoms with E-state index in [1.807, 2.05) is 6.08 Å². The average Bonchev–Trinajstić information content (AvgIpc) is 2.29. The van der Waals surface area contributed by atoms with Gasteiger partial charge in [-0.25, -0.2) is 4.79 Å². The van der Waals surface area contributed by atoms with E-state index in [0.717, 1.165) is 13.0 Å².